The van der Waals surface area contributed by atoms with E-state index >= 15 is 0 Å². The SMILES string of the molecule is CCCCCCCCCCCCCCCCCCCCC(=O)OC[C@H](COP(=O)(O)OC[C@@H](O)COP(=O)(O)OC[C@@H](COC(=O)CCCCCCCCCCCCC)OC(=O)CCCCCCCCCCCCCCC(C)C)OC(=O)CCCCCCCCCCCCCCCCCCC(C)C. The summed E-state index contributed by atoms with van der Waals surface area (Å²) >= 11 is 0. The van der Waals surface area contributed by atoms with Crippen molar-refractivity contribution in [3.63, 3.8) is 0 Å². The van der Waals surface area contributed by atoms with Crippen LogP contribution in [0.15, 0.2) is 0 Å². The quantitative estimate of drug-likeness (QED) is 0.0222. The zero-order valence-corrected chi connectivity index (χ0v) is 69.4. The van der Waals surface area contributed by atoms with Crippen LogP contribution in [-0.4, -0.2) is 96.7 Å². The largest absolute Gasteiger partial charge is 0.472 e. The molecule has 0 amide bonds. The second-order valence-electron chi connectivity index (χ2n) is 31.2. The van der Waals surface area contributed by atoms with E-state index in [1.54, 1.807) is 0 Å². The lowest BCUT2D eigenvalue weighted by molar-refractivity contribution is -0.161. The van der Waals surface area contributed by atoms with Crippen LogP contribution in [0.5, 0.6) is 0 Å². The molecule has 0 aliphatic rings. The zero-order chi connectivity index (χ0) is 75.6. The number of phosphoric ester groups is 2. The van der Waals surface area contributed by atoms with Gasteiger partial charge in [0.2, 0.25) is 0 Å². The summed E-state index contributed by atoms with van der Waals surface area (Å²) in [5.74, 6) is -0.517. The first-order chi connectivity index (χ1) is 49.9. The van der Waals surface area contributed by atoms with Crippen LogP contribution in [0, 0.1) is 11.8 Å². The molecular weight excluding hydrogens is 1340 g/mol. The van der Waals surface area contributed by atoms with Crippen molar-refractivity contribution in [1.29, 1.82) is 0 Å². The third kappa shape index (κ3) is 78.0. The van der Waals surface area contributed by atoms with Gasteiger partial charge in [0.1, 0.15) is 19.3 Å². The van der Waals surface area contributed by atoms with E-state index in [4.69, 9.17) is 37.0 Å². The summed E-state index contributed by atoms with van der Waals surface area (Å²) in [7, 11) is -9.92. The first-order valence-corrected chi connectivity index (χ1v) is 46.5. The molecule has 0 rings (SSSR count). The third-order valence-corrected chi connectivity index (χ3v) is 21.6. The summed E-state index contributed by atoms with van der Waals surface area (Å²) in [6.45, 7) is 9.70. The van der Waals surface area contributed by atoms with E-state index in [9.17, 15) is 43.2 Å². The van der Waals surface area contributed by atoms with Crippen molar-refractivity contribution in [2.75, 3.05) is 39.6 Å². The van der Waals surface area contributed by atoms with Gasteiger partial charge in [-0.2, -0.15) is 0 Å². The van der Waals surface area contributed by atoms with E-state index in [2.05, 4.69) is 41.5 Å². The number of esters is 4. The Labute approximate surface area is 632 Å². The van der Waals surface area contributed by atoms with E-state index < -0.39 is 97.5 Å². The molecular formula is C84H164O17P2. The fourth-order valence-electron chi connectivity index (χ4n) is 13.1. The smallest absolute Gasteiger partial charge is 0.462 e. The highest BCUT2D eigenvalue weighted by Crippen LogP contribution is 2.45. The standard InChI is InChI=1S/C84H164O17P2/c1-7-9-11-13-15-17-19-20-21-22-23-27-30-37-43-49-55-61-67-82(87)95-73-80(100-83(88)68-62-56-50-44-38-31-28-25-24-26-29-35-40-46-52-58-64-76(3)4)75-99-103(92,93)97-71-78(85)70-96-102(90,91)98-74-79(72-94-81(86)66-60-54-48-42-34-18-16-14-12-10-8-2)101-84(89)69-63-57-51-45-39-33-32-36-41-47-53-59-65-77(5)6/h76-80,85H,7-75H2,1-6H3,(H,90,91)(H,92,93)/t78-,79+,80+/m0/s1. The second-order valence-corrected chi connectivity index (χ2v) is 34.1. The normalized spacial score (nSPS) is 13.9. The molecule has 17 nitrogen and oxygen atoms in total. The molecule has 0 aromatic heterocycles. The molecule has 0 radical (unpaired) electrons. The summed E-state index contributed by atoms with van der Waals surface area (Å²) in [6.07, 6.45) is 66.5. The number of ether oxygens (including phenoxy) is 4. The lowest BCUT2D eigenvalue weighted by atomic mass is 10.0. The average Bonchev–Trinajstić information content (AvgIpc) is 0.922. The van der Waals surface area contributed by atoms with Crippen molar-refractivity contribution in [1.82, 2.24) is 0 Å². The van der Waals surface area contributed by atoms with Gasteiger partial charge in [-0.25, -0.2) is 9.13 Å². The Morgan fingerprint density at radius 1 is 0.262 bits per heavy atom. The zero-order valence-electron chi connectivity index (χ0n) is 67.6. The number of phosphoric acid groups is 2. The number of hydrogen-bond donors (Lipinski definition) is 3. The van der Waals surface area contributed by atoms with Gasteiger partial charge in [0.25, 0.3) is 0 Å². The summed E-state index contributed by atoms with van der Waals surface area (Å²) in [5, 5.41) is 10.7. The Hall–Kier alpha value is -1.94. The Morgan fingerprint density at radius 3 is 0.660 bits per heavy atom. The van der Waals surface area contributed by atoms with Crippen LogP contribution < -0.4 is 0 Å². The summed E-state index contributed by atoms with van der Waals surface area (Å²) in [6, 6.07) is 0. The summed E-state index contributed by atoms with van der Waals surface area (Å²) in [5.41, 5.74) is 0. The molecule has 0 aliphatic carbocycles. The maximum absolute atomic E-state index is 13.1. The van der Waals surface area contributed by atoms with Gasteiger partial charge in [-0.15, -0.1) is 0 Å². The van der Waals surface area contributed by atoms with Crippen molar-refractivity contribution in [3.05, 3.63) is 0 Å². The monoisotopic (exact) mass is 1510 g/mol. The van der Waals surface area contributed by atoms with Crippen molar-refractivity contribution in [2.24, 2.45) is 11.8 Å². The fraction of sp³-hybridized carbons (Fsp3) is 0.952. The molecule has 0 aromatic rings. The minimum absolute atomic E-state index is 0.107. The molecule has 612 valence electrons. The highest BCUT2D eigenvalue weighted by molar-refractivity contribution is 7.47. The maximum Gasteiger partial charge on any atom is 0.472 e. The van der Waals surface area contributed by atoms with Gasteiger partial charge in [0.05, 0.1) is 26.4 Å². The Balaban J connectivity index is 5.25. The molecule has 0 aliphatic heterocycles. The van der Waals surface area contributed by atoms with E-state index in [0.717, 1.165) is 102 Å². The topological polar surface area (TPSA) is 237 Å². The van der Waals surface area contributed by atoms with Crippen molar-refractivity contribution >= 4 is 39.5 Å². The molecule has 2 unspecified atom stereocenters. The van der Waals surface area contributed by atoms with Crippen molar-refractivity contribution in [3.8, 4) is 0 Å². The lowest BCUT2D eigenvalue weighted by Crippen LogP contribution is -2.30. The van der Waals surface area contributed by atoms with Crippen molar-refractivity contribution < 1.29 is 80.2 Å². The predicted molar refractivity (Wildman–Crippen MR) is 423 cm³/mol. The first kappa shape index (κ1) is 101. The van der Waals surface area contributed by atoms with Gasteiger partial charge in [-0.3, -0.25) is 37.3 Å². The van der Waals surface area contributed by atoms with Crippen LogP contribution in [-0.2, 0) is 65.4 Å². The first-order valence-electron chi connectivity index (χ1n) is 43.5. The molecule has 0 aromatic carbocycles. The van der Waals surface area contributed by atoms with Gasteiger partial charge in [0, 0.05) is 25.7 Å². The minimum atomic E-state index is -4.96. The number of aliphatic hydroxyl groups excluding tert-OH is 1. The number of carbonyl (C=O) groups is 4. The van der Waals surface area contributed by atoms with Gasteiger partial charge in [-0.05, 0) is 37.5 Å². The van der Waals surface area contributed by atoms with Gasteiger partial charge >= 0.3 is 39.5 Å². The molecule has 0 fully saturated rings. The molecule has 5 atom stereocenters. The van der Waals surface area contributed by atoms with Crippen LogP contribution in [0.4, 0.5) is 0 Å². The maximum atomic E-state index is 13.1. The Kier molecular flexibility index (Phi) is 74.1. The van der Waals surface area contributed by atoms with Gasteiger partial charge in [-0.1, -0.05) is 395 Å². The number of unbranched alkanes of at least 4 members (excludes halogenated alkanes) is 53. The highest BCUT2D eigenvalue weighted by Gasteiger charge is 2.30. The molecule has 0 saturated heterocycles. The summed E-state index contributed by atoms with van der Waals surface area (Å²) in [4.78, 5) is 73.2. The molecule has 0 bridgehead atoms. The molecule has 103 heavy (non-hydrogen) atoms. The third-order valence-electron chi connectivity index (χ3n) is 19.7. The minimum Gasteiger partial charge on any atom is -0.462 e. The molecule has 0 saturated carbocycles. The summed E-state index contributed by atoms with van der Waals surface area (Å²) < 4.78 is 68.8. The van der Waals surface area contributed by atoms with Crippen LogP contribution in [0.1, 0.15) is 446 Å². The van der Waals surface area contributed by atoms with Gasteiger partial charge < -0.3 is 33.8 Å². The molecule has 19 heteroatoms. The number of rotatable bonds is 83. The highest BCUT2D eigenvalue weighted by atomic mass is 31.2. The van der Waals surface area contributed by atoms with Crippen LogP contribution in [0.25, 0.3) is 0 Å². The van der Waals surface area contributed by atoms with E-state index in [0.29, 0.717) is 25.7 Å². The van der Waals surface area contributed by atoms with Crippen LogP contribution in [0.3, 0.4) is 0 Å². The van der Waals surface area contributed by atoms with Crippen molar-refractivity contribution in [2.45, 2.75) is 464 Å². The molecule has 0 heterocycles. The number of aliphatic hydroxyl groups is 1. The van der Waals surface area contributed by atoms with Gasteiger partial charge in [0.15, 0.2) is 12.2 Å². The predicted octanol–water partition coefficient (Wildman–Crippen LogP) is 25.5. The van der Waals surface area contributed by atoms with Crippen LogP contribution >= 0.6 is 15.6 Å². The Morgan fingerprint density at radius 2 is 0.447 bits per heavy atom. The van der Waals surface area contributed by atoms with E-state index in [1.807, 2.05) is 0 Å². The molecule has 0 spiro atoms. The van der Waals surface area contributed by atoms with E-state index in [-0.39, 0.29) is 25.7 Å². The Bertz CT molecular complexity index is 1980. The number of carbonyl (C=O) groups excluding carboxylic acids is 4. The average molecular weight is 1510 g/mol. The fourth-order valence-corrected chi connectivity index (χ4v) is 14.6. The van der Waals surface area contributed by atoms with E-state index in [1.165, 1.54) is 263 Å². The molecule has 3 N–H and O–H groups in total. The second kappa shape index (κ2) is 75.5. The van der Waals surface area contributed by atoms with Crippen LogP contribution in [0.2, 0.25) is 0 Å². The lowest BCUT2D eigenvalue weighted by Gasteiger charge is -2.21. The number of hydrogen-bond acceptors (Lipinski definition) is 15.